The minimum atomic E-state index is -3.54. The van der Waals surface area contributed by atoms with Gasteiger partial charge in [0.2, 0.25) is 10.0 Å². The summed E-state index contributed by atoms with van der Waals surface area (Å²) in [6.07, 6.45) is 0.295. The second-order valence-electron chi connectivity index (χ2n) is 7.04. The van der Waals surface area contributed by atoms with E-state index >= 15 is 0 Å². The van der Waals surface area contributed by atoms with Crippen LogP contribution in [-0.4, -0.2) is 37.0 Å². The van der Waals surface area contributed by atoms with Crippen molar-refractivity contribution in [3.8, 4) is 0 Å². The number of aromatic nitrogens is 1. The number of nitrogens with zero attached hydrogens (tertiary/aromatic N) is 2. The number of fused-ring (bicyclic) bond motifs is 3. The van der Waals surface area contributed by atoms with E-state index in [4.69, 9.17) is 0 Å². The molecule has 5 nitrogen and oxygen atoms in total. The lowest BCUT2D eigenvalue weighted by Crippen LogP contribution is -2.39. The van der Waals surface area contributed by atoms with Gasteiger partial charge in [0.15, 0.2) is 0 Å². The van der Waals surface area contributed by atoms with E-state index in [9.17, 15) is 13.5 Å². The average Bonchev–Trinajstić information content (AvgIpc) is 3.00. The van der Waals surface area contributed by atoms with Gasteiger partial charge >= 0.3 is 0 Å². The zero-order chi connectivity index (χ0) is 20.6. The Kier molecular flexibility index (Phi) is 5.54. The third-order valence-corrected chi connectivity index (χ3v) is 7.03. The van der Waals surface area contributed by atoms with E-state index in [-0.39, 0.29) is 6.54 Å². The number of aliphatic hydroxyl groups is 1. The molecule has 4 aromatic rings. The third-order valence-electron chi connectivity index (χ3n) is 4.97. The van der Waals surface area contributed by atoms with Crippen molar-refractivity contribution >= 4 is 60.1 Å². The highest BCUT2D eigenvalue weighted by molar-refractivity contribution is 14.1. The van der Waals surface area contributed by atoms with Crippen LogP contribution >= 0.6 is 22.6 Å². The molecule has 0 aliphatic carbocycles. The molecule has 4 rings (SSSR count). The minimum Gasteiger partial charge on any atom is -0.389 e. The number of para-hydroxylation sites is 3. The summed E-state index contributed by atoms with van der Waals surface area (Å²) in [6, 6.07) is 23.4. The highest BCUT2D eigenvalue weighted by Crippen LogP contribution is 2.29. The molecule has 150 valence electrons. The Morgan fingerprint density at radius 1 is 0.931 bits per heavy atom. The molecule has 1 N–H and O–H groups in total. The van der Waals surface area contributed by atoms with Crippen LogP contribution in [0, 0.1) is 3.57 Å². The van der Waals surface area contributed by atoms with Crippen LogP contribution in [-0.2, 0) is 16.6 Å². The highest BCUT2D eigenvalue weighted by atomic mass is 127. The Hall–Kier alpha value is -2.10. The third kappa shape index (κ3) is 3.99. The minimum absolute atomic E-state index is 0.0142. The van der Waals surface area contributed by atoms with Crippen molar-refractivity contribution in [3.05, 3.63) is 76.4 Å². The molecule has 0 aliphatic heterocycles. The van der Waals surface area contributed by atoms with Crippen molar-refractivity contribution in [1.29, 1.82) is 0 Å². The van der Waals surface area contributed by atoms with Gasteiger partial charge in [0.05, 0.1) is 31.1 Å². The van der Waals surface area contributed by atoms with Gasteiger partial charge in [-0.1, -0.05) is 48.5 Å². The molecule has 1 heterocycles. The Bertz CT molecular complexity index is 1230. The fourth-order valence-corrected chi connectivity index (χ4v) is 5.53. The summed E-state index contributed by atoms with van der Waals surface area (Å²) in [4.78, 5) is 0. The predicted molar refractivity (Wildman–Crippen MR) is 127 cm³/mol. The summed E-state index contributed by atoms with van der Waals surface area (Å²) < 4.78 is 29.1. The van der Waals surface area contributed by atoms with Gasteiger partial charge < -0.3 is 9.67 Å². The first-order chi connectivity index (χ1) is 13.9. The Balaban J connectivity index is 1.70. The molecule has 7 heteroatoms. The molecule has 3 aromatic carbocycles. The zero-order valence-electron chi connectivity index (χ0n) is 15.9. The smallest absolute Gasteiger partial charge is 0.232 e. The normalized spacial score (nSPS) is 13.1. The molecule has 1 atom stereocenters. The van der Waals surface area contributed by atoms with Gasteiger partial charge in [0.25, 0.3) is 0 Å². The van der Waals surface area contributed by atoms with Crippen molar-refractivity contribution in [3.63, 3.8) is 0 Å². The molecule has 0 amide bonds. The molecular formula is C22H21IN2O3S. The standard InChI is InChI=1S/C22H21IN2O3S/c1-29(27,28)25(22-13-7-4-10-19(22)23)15-16(26)14-24-20-11-5-2-8-17(20)18-9-3-6-12-21(18)24/h2-13,16,26H,14-15H2,1H3/t16-/m0/s1. The van der Waals surface area contributed by atoms with Crippen LogP contribution < -0.4 is 4.31 Å². The SMILES string of the molecule is CS(=O)(=O)N(C[C@@H](O)Cn1c2ccccc2c2ccccc21)c1ccccc1I. The van der Waals surface area contributed by atoms with Crippen molar-refractivity contribution < 1.29 is 13.5 Å². The first-order valence-corrected chi connectivity index (χ1v) is 12.2. The molecule has 0 spiro atoms. The quantitative estimate of drug-likeness (QED) is 0.388. The molecular weight excluding hydrogens is 499 g/mol. The van der Waals surface area contributed by atoms with Crippen molar-refractivity contribution in [2.24, 2.45) is 0 Å². The monoisotopic (exact) mass is 520 g/mol. The van der Waals surface area contributed by atoms with E-state index < -0.39 is 16.1 Å². The van der Waals surface area contributed by atoms with Gasteiger partial charge in [0.1, 0.15) is 0 Å². The van der Waals surface area contributed by atoms with Crippen LogP contribution in [0.15, 0.2) is 72.8 Å². The number of anilines is 1. The summed E-state index contributed by atoms with van der Waals surface area (Å²) in [5.41, 5.74) is 2.62. The van der Waals surface area contributed by atoms with Crippen LogP contribution in [0.2, 0.25) is 0 Å². The highest BCUT2D eigenvalue weighted by Gasteiger charge is 2.24. The Morgan fingerprint density at radius 3 is 2.00 bits per heavy atom. The van der Waals surface area contributed by atoms with E-state index in [2.05, 4.69) is 39.3 Å². The number of hydrogen-bond acceptors (Lipinski definition) is 3. The lowest BCUT2D eigenvalue weighted by atomic mass is 10.2. The van der Waals surface area contributed by atoms with Crippen LogP contribution in [0.25, 0.3) is 21.8 Å². The molecule has 0 bridgehead atoms. The van der Waals surface area contributed by atoms with Crippen molar-refractivity contribution in [1.82, 2.24) is 4.57 Å². The average molecular weight is 520 g/mol. The van der Waals surface area contributed by atoms with Gasteiger partial charge in [-0.3, -0.25) is 4.31 Å². The fourth-order valence-electron chi connectivity index (χ4n) is 3.73. The maximum Gasteiger partial charge on any atom is 0.232 e. The number of sulfonamides is 1. The van der Waals surface area contributed by atoms with Gasteiger partial charge in [-0.2, -0.15) is 0 Å². The lowest BCUT2D eigenvalue weighted by molar-refractivity contribution is 0.166. The topological polar surface area (TPSA) is 62.5 Å². The maximum atomic E-state index is 12.5. The van der Waals surface area contributed by atoms with Gasteiger partial charge in [-0.05, 0) is 46.9 Å². The molecule has 0 aliphatic rings. The van der Waals surface area contributed by atoms with Crippen LogP contribution in [0.1, 0.15) is 0 Å². The molecule has 1 aromatic heterocycles. The molecule has 0 saturated heterocycles. The summed E-state index contributed by atoms with van der Waals surface area (Å²) in [5, 5.41) is 13.1. The van der Waals surface area contributed by atoms with Gasteiger partial charge in [0, 0.05) is 25.4 Å². The van der Waals surface area contributed by atoms with Gasteiger partial charge in [-0.25, -0.2) is 8.42 Å². The fraction of sp³-hybridized carbons (Fsp3) is 0.182. The number of benzene rings is 3. The first-order valence-electron chi connectivity index (χ1n) is 9.22. The lowest BCUT2D eigenvalue weighted by Gasteiger charge is -2.26. The van der Waals surface area contributed by atoms with Crippen LogP contribution in [0.3, 0.4) is 0 Å². The Labute approximate surface area is 183 Å². The summed E-state index contributed by atoms with van der Waals surface area (Å²) in [7, 11) is -3.54. The summed E-state index contributed by atoms with van der Waals surface area (Å²) in [5.74, 6) is 0. The van der Waals surface area contributed by atoms with E-state index in [1.54, 1.807) is 12.1 Å². The largest absolute Gasteiger partial charge is 0.389 e. The predicted octanol–water partition coefficient (Wildman–Crippen LogP) is 4.23. The van der Waals surface area contributed by atoms with Crippen LogP contribution in [0.5, 0.6) is 0 Å². The van der Waals surface area contributed by atoms with E-state index in [0.29, 0.717) is 12.2 Å². The van der Waals surface area contributed by atoms with E-state index in [0.717, 1.165) is 25.4 Å². The molecule has 29 heavy (non-hydrogen) atoms. The van der Waals surface area contributed by atoms with Crippen molar-refractivity contribution in [2.45, 2.75) is 12.6 Å². The number of rotatable bonds is 6. The summed E-state index contributed by atoms with van der Waals surface area (Å²) in [6.45, 7) is 0.281. The molecule has 0 unspecified atom stereocenters. The maximum absolute atomic E-state index is 12.5. The molecule has 0 fully saturated rings. The molecule has 0 radical (unpaired) electrons. The Morgan fingerprint density at radius 2 is 1.45 bits per heavy atom. The van der Waals surface area contributed by atoms with Crippen LogP contribution in [0.4, 0.5) is 5.69 Å². The second kappa shape index (κ2) is 7.97. The van der Waals surface area contributed by atoms with Crippen molar-refractivity contribution in [2.75, 3.05) is 17.1 Å². The second-order valence-corrected chi connectivity index (χ2v) is 10.1. The number of halogens is 1. The molecule has 0 saturated carbocycles. The number of aliphatic hydroxyl groups excluding tert-OH is 1. The van der Waals surface area contributed by atoms with Gasteiger partial charge in [-0.15, -0.1) is 0 Å². The number of hydrogen-bond donors (Lipinski definition) is 1. The zero-order valence-corrected chi connectivity index (χ0v) is 18.8. The first kappa shape index (κ1) is 20.2. The summed E-state index contributed by atoms with van der Waals surface area (Å²) >= 11 is 2.11. The van der Waals surface area contributed by atoms with E-state index in [1.165, 1.54) is 10.6 Å². The van der Waals surface area contributed by atoms with E-state index in [1.807, 2.05) is 48.5 Å².